The lowest BCUT2D eigenvalue weighted by atomic mass is 10.2. The summed E-state index contributed by atoms with van der Waals surface area (Å²) in [5.41, 5.74) is 2.65. The van der Waals surface area contributed by atoms with Crippen molar-refractivity contribution in [2.45, 2.75) is 36.2 Å². The van der Waals surface area contributed by atoms with Crippen molar-refractivity contribution in [1.29, 1.82) is 0 Å². The molecule has 0 aliphatic rings. The summed E-state index contributed by atoms with van der Waals surface area (Å²) >= 11 is 1.60. The van der Waals surface area contributed by atoms with Gasteiger partial charge in [-0.1, -0.05) is 37.7 Å². The van der Waals surface area contributed by atoms with Gasteiger partial charge < -0.3 is 13.7 Å². The summed E-state index contributed by atoms with van der Waals surface area (Å²) in [5, 5.41) is 0.801. The molecule has 0 N–H and O–H groups in total. The van der Waals surface area contributed by atoms with E-state index in [0.29, 0.717) is 25.2 Å². The Morgan fingerprint density at radius 1 is 1.09 bits per heavy atom. The second-order valence-electron chi connectivity index (χ2n) is 7.44. The fourth-order valence-corrected chi connectivity index (χ4v) is 6.10. The first-order valence-corrected chi connectivity index (χ1v) is 13.2. The zero-order valence-electron chi connectivity index (χ0n) is 18.9. The van der Waals surface area contributed by atoms with Crippen LogP contribution in [0.15, 0.2) is 75.3 Å². The number of hydrogen-bond acceptors (Lipinski definition) is 6. The second kappa shape index (κ2) is 10.0. The van der Waals surface area contributed by atoms with E-state index in [1.807, 2.05) is 56.3 Å². The predicted octanol–water partition coefficient (Wildman–Crippen LogP) is 5.01. The van der Waals surface area contributed by atoms with Crippen LogP contribution in [0.5, 0.6) is 5.75 Å². The number of sulfonamides is 1. The van der Waals surface area contributed by atoms with Crippen LogP contribution >= 0.6 is 11.8 Å². The summed E-state index contributed by atoms with van der Waals surface area (Å²) in [6.07, 6.45) is 1.65. The number of fused-ring (bicyclic) bond motifs is 1. The van der Waals surface area contributed by atoms with Crippen LogP contribution in [0.2, 0.25) is 0 Å². The van der Waals surface area contributed by atoms with Crippen molar-refractivity contribution in [3.63, 3.8) is 0 Å². The highest BCUT2D eigenvalue weighted by Crippen LogP contribution is 2.30. The number of ether oxygens (including phenoxy) is 1. The Balaban J connectivity index is 1.70. The highest BCUT2D eigenvalue weighted by Gasteiger charge is 2.23. The van der Waals surface area contributed by atoms with E-state index >= 15 is 0 Å². The van der Waals surface area contributed by atoms with Crippen LogP contribution < -0.4 is 4.74 Å². The molecule has 0 unspecified atom stereocenters. The molecule has 9 heteroatoms. The van der Waals surface area contributed by atoms with Crippen LogP contribution in [0.3, 0.4) is 0 Å². The Hall–Kier alpha value is -2.75. The van der Waals surface area contributed by atoms with E-state index in [0.717, 1.165) is 33.5 Å². The van der Waals surface area contributed by atoms with Crippen LogP contribution in [0, 0.1) is 0 Å². The average molecular weight is 486 g/mol. The van der Waals surface area contributed by atoms with E-state index in [-0.39, 0.29) is 4.90 Å². The molecule has 0 saturated heterocycles. The van der Waals surface area contributed by atoms with Crippen molar-refractivity contribution in [3.8, 4) is 5.75 Å². The highest BCUT2D eigenvalue weighted by molar-refractivity contribution is 7.98. The normalized spacial score (nSPS) is 12.0. The van der Waals surface area contributed by atoms with Crippen molar-refractivity contribution in [1.82, 2.24) is 13.9 Å². The summed E-state index contributed by atoms with van der Waals surface area (Å²) in [5.74, 6) is 2.34. The molecule has 0 fully saturated rings. The van der Waals surface area contributed by atoms with Crippen molar-refractivity contribution in [2.24, 2.45) is 0 Å². The summed E-state index contributed by atoms with van der Waals surface area (Å²) < 4.78 is 40.3. The Kier molecular flexibility index (Phi) is 7.11. The number of hydrogen-bond donors (Lipinski definition) is 0. The highest BCUT2D eigenvalue weighted by atomic mass is 32.2. The van der Waals surface area contributed by atoms with Gasteiger partial charge in [-0.2, -0.15) is 4.31 Å². The number of benzene rings is 2. The van der Waals surface area contributed by atoms with Gasteiger partial charge in [0.1, 0.15) is 11.5 Å². The number of furan rings is 1. The van der Waals surface area contributed by atoms with Crippen LogP contribution in [0.4, 0.5) is 0 Å². The van der Waals surface area contributed by atoms with E-state index < -0.39 is 10.0 Å². The SMILES string of the molecule is CCN(CC)S(=O)(=O)c1ccc2c(c1)nc(SCc1ccc(OC)cc1)n2Cc1ccco1. The van der Waals surface area contributed by atoms with Gasteiger partial charge in [0, 0.05) is 18.8 Å². The van der Waals surface area contributed by atoms with E-state index in [2.05, 4.69) is 4.57 Å². The first-order chi connectivity index (χ1) is 16.0. The summed E-state index contributed by atoms with van der Waals surface area (Å²) in [7, 11) is -1.91. The topological polar surface area (TPSA) is 77.6 Å². The molecule has 0 aliphatic carbocycles. The van der Waals surface area contributed by atoms with Crippen LogP contribution in [-0.2, 0) is 22.3 Å². The maximum absolute atomic E-state index is 13.0. The lowest BCUT2D eigenvalue weighted by Gasteiger charge is -2.18. The molecular formula is C24H27N3O4S2. The maximum atomic E-state index is 13.0. The van der Waals surface area contributed by atoms with Crippen molar-refractivity contribution in [2.75, 3.05) is 20.2 Å². The molecule has 2 heterocycles. The standard InChI is InChI=1S/C24H27N3O4S2/c1-4-26(5-2)33(28,29)21-12-13-23-22(15-21)25-24(27(23)16-20-7-6-14-31-20)32-17-18-8-10-19(30-3)11-9-18/h6-15H,4-5,16-17H2,1-3H3. The molecule has 7 nitrogen and oxygen atoms in total. The molecule has 0 radical (unpaired) electrons. The number of rotatable bonds is 10. The number of nitrogens with zero attached hydrogens (tertiary/aromatic N) is 3. The first kappa shape index (κ1) is 23.4. The van der Waals surface area contributed by atoms with Gasteiger partial charge in [-0.15, -0.1) is 0 Å². The molecule has 0 saturated carbocycles. The van der Waals surface area contributed by atoms with Gasteiger partial charge in [-0.05, 0) is 48.0 Å². The number of methoxy groups -OCH3 is 1. The Bertz CT molecular complexity index is 1310. The fourth-order valence-electron chi connectivity index (χ4n) is 3.65. The minimum absolute atomic E-state index is 0.257. The van der Waals surface area contributed by atoms with Crippen LogP contribution in [0.25, 0.3) is 11.0 Å². The molecule has 0 bridgehead atoms. The van der Waals surface area contributed by atoms with E-state index in [4.69, 9.17) is 14.1 Å². The lowest BCUT2D eigenvalue weighted by Crippen LogP contribution is -2.30. The van der Waals surface area contributed by atoms with Gasteiger partial charge in [0.25, 0.3) is 0 Å². The second-order valence-corrected chi connectivity index (χ2v) is 10.3. The van der Waals surface area contributed by atoms with Crippen molar-refractivity contribution < 1.29 is 17.6 Å². The van der Waals surface area contributed by atoms with Crippen molar-refractivity contribution >= 4 is 32.8 Å². The molecule has 2 aromatic heterocycles. The molecular weight excluding hydrogens is 458 g/mol. The summed E-state index contributed by atoms with van der Waals surface area (Å²) in [6.45, 7) is 5.03. The third-order valence-electron chi connectivity index (χ3n) is 5.45. The molecule has 0 spiro atoms. The van der Waals surface area contributed by atoms with Crippen molar-refractivity contribution in [3.05, 3.63) is 72.2 Å². The number of aromatic nitrogens is 2. The van der Waals surface area contributed by atoms with Gasteiger partial charge >= 0.3 is 0 Å². The Morgan fingerprint density at radius 3 is 2.48 bits per heavy atom. The molecule has 2 aromatic carbocycles. The molecule has 0 amide bonds. The molecule has 0 atom stereocenters. The smallest absolute Gasteiger partial charge is 0.243 e. The van der Waals surface area contributed by atoms with Gasteiger partial charge in [-0.25, -0.2) is 13.4 Å². The fraction of sp³-hybridized carbons (Fsp3) is 0.292. The predicted molar refractivity (Wildman–Crippen MR) is 130 cm³/mol. The van der Waals surface area contributed by atoms with Gasteiger partial charge in [0.05, 0.1) is 35.8 Å². The van der Waals surface area contributed by atoms with Gasteiger partial charge in [0.2, 0.25) is 10.0 Å². The third kappa shape index (κ3) is 4.95. The molecule has 4 aromatic rings. The minimum atomic E-state index is -3.56. The van der Waals surface area contributed by atoms with Gasteiger partial charge in [-0.3, -0.25) is 0 Å². The summed E-state index contributed by atoms with van der Waals surface area (Å²) in [4.78, 5) is 5.06. The minimum Gasteiger partial charge on any atom is -0.497 e. The number of imidazole rings is 1. The molecule has 33 heavy (non-hydrogen) atoms. The van der Waals surface area contributed by atoms with E-state index in [9.17, 15) is 8.42 Å². The van der Waals surface area contributed by atoms with E-state index in [1.165, 1.54) is 4.31 Å². The quantitative estimate of drug-likeness (QED) is 0.294. The third-order valence-corrected chi connectivity index (χ3v) is 8.54. The molecule has 4 rings (SSSR count). The molecule has 174 valence electrons. The van der Waals surface area contributed by atoms with Crippen LogP contribution in [0.1, 0.15) is 25.2 Å². The largest absolute Gasteiger partial charge is 0.497 e. The van der Waals surface area contributed by atoms with E-state index in [1.54, 1.807) is 37.3 Å². The summed E-state index contributed by atoms with van der Waals surface area (Å²) in [6, 6.07) is 16.9. The lowest BCUT2D eigenvalue weighted by molar-refractivity contribution is 0.414. The Morgan fingerprint density at radius 2 is 1.85 bits per heavy atom. The maximum Gasteiger partial charge on any atom is 0.243 e. The average Bonchev–Trinajstić information content (AvgIpc) is 3.46. The zero-order chi connectivity index (χ0) is 23.4. The zero-order valence-corrected chi connectivity index (χ0v) is 20.5. The molecule has 0 aliphatic heterocycles. The monoisotopic (exact) mass is 485 g/mol. The first-order valence-electron chi connectivity index (χ1n) is 10.7. The van der Waals surface area contributed by atoms with Crippen LogP contribution in [-0.4, -0.2) is 42.5 Å². The Labute approximate surface area is 198 Å². The number of thioether (sulfide) groups is 1. The van der Waals surface area contributed by atoms with Gasteiger partial charge in [0.15, 0.2) is 5.16 Å².